The molecule has 0 aliphatic rings. The molecule has 0 saturated heterocycles. The molecule has 1 aromatic rings. The van der Waals surface area contributed by atoms with Crippen LogP contribution in [0.3, 0.4) is 0 Å². The molecule has 1 rings (SSSR count). The Balaban J connectivity index is 2.76. The molecule has 4 heteroatoms. The normalized spacial score (nSPS) is 12.5. The first-order chi connectivity index (χ1) is 9.03. The number of rotatable bonds is 7. The molecule has 0 spiro atoms. The first-order valence-electron chi connectivity index (χ1n) is 7.06. The summed E-state index contributed by atoms with van der Waals surface area (Å²) in [6, 6.07) is 1.78. The molecule has 0 aliphatic heterocycles. The molecule has 0 radical (unpaired) electrons. The fourth-order valence-electron chi connectivity index (χ4n) is 1.97. The summed E-state index contributed by atoms with van der Waals surface area (Å²) < 4.78 is 0. The van der Waals surface area contributed by atoms with Crippen molar-refractivity contribution in [3.63, 3.8) is 0 Å². The summed E-state index contributed by atoms with van der Waals surface area (Å²) in [5.74, 6) is 0.00284. The van der Waals surface area contributed by atoms with Gasteiger partial charge in [0.1, 0.15) is 5.69 Å². The third kappa shape index (κ3) is 3.94. The molecule has 1 aromatic heterocycles. The van der Waals surface area contributed by atoms with Gasteiger partial charge in [0.05, 0.1) is 0 Å². The Bertz CT molecular complexity index is 433. The van der Waals surface area contributed by atoms with Gasteiger partial charge in [-0.3, -0.25) is 9.59 Å². The number of ketones is 1. The Morgan fingerprint density at radius 2 is 1.84 bits per heavy atom. The fraction of sp³-hybridized carbons (Fsp3) is 0.600. The number of amides is 1. The lowest BCUT2D eigenvalue weighted by molar-refractivity contribution is 0.0913. The van der Waals surface area contributed by atoms with Gasteiger partial charge in [0.2, 0.25) is 0 Å². The largest absolute Gasteiger partial charge is 0.356 e. The molecule has 1 amide bonds. The average Bonchev–Trinajstić information content (AvgIpc) is 2.89. The zero-order chi connectivity index (χ0) is 14.4. The van der Waals surface area contributed by atoms with Crippen molar-refractivity contribution in [3.05, 3.63) is 23.5 Å². The van der Waals surface area contributed by atoms with Crippen LogP contribution in [0.5, 0.6) is 0 Å². The second-order valence-corrected chi connectivity index (χ2v) is 4.96. The van der Waals surface area contributed by atoms with E-state index in [9.17, 15) is 9.59 Å². The van der Waals surface area contributed by atoms with Gasteiger partial charge in [-0.1, -0.05) is 20.8 Å². The number of carbonyl (C=O) groups is 2. The van der Waals surface area contributed by atoms with E-state index in [0.717, 1.165) is 19.3 Å². The van der Waals surface area contributed by atoms with Gasteiger partial charge in [-0.15, -0.1) is 0 Å². The van der Waals surface area contributed by atoms with Gasteiger partial charge >= 0.3 is 0 Å². The minimum Gasteiger partial charge on any atom is -0.356 e. The summed E-state index contributed by atoms with van der Waals surface area (Å²) in [5.41, 5.74) is 1.05. The van der Waals surface area contributed by atoms with Crippen molar-refractivity contribution in [3.8, 4) is 0 Å². The van der Waals surface area contributed by atoms with Crippen LogP contribution in [0.4, 0.5) is 0 Å². The Hall–Kier alpha value is -1.58. The number of carbonyl (C=O) groups excluding carboxylic acids is 2. The van der Waals surface area contributed by atoms with Crippen LogP contribution >= 0.6 is 0 Å². The highest BCUT2D eigenvalue weighted by Crippen LogP contribution is 2.16. The van der Waals surface area contributed by atoms with Crippen LogP contribution in [0.25, 0.3) is 0 Å². The summed E-state index contributed by atoms with van der Waals surface area (Å²) in [7, 11) is 0. The average molecular weight is 264 g/mol. The fourth-order valence-corrected chi connectivity index (χ4v) is 1.97. The van der Waals surface area contributed by atoms with E-state index in [2.05, 4.69) is 10.3 Å². The molecule has 0 saturated carbocycles. The molecule has 0 bridgehead atoms. The van der Waals surface area contributed by atoms with E-state index >= 15 is 0 Å². The maximum absolute atomic E-state index is 12.2. The lowest BCUT2D eigenvalue weighted by Crippen LogP contribution is -2.32. The van der Waals surface area contributed by atoms with Crippen molar-refractivity contribution in [1.82, 2.24) is 10.3 Å². The molecule has 106 valence electrons. The molecule has 19 heavy (non-hydrogen) atoms. The summed E-state index contributed by atoms with van der Waals surface area (Å²) in [6.45, 7) is 7.99. The molecule has 1 atom stereocenters. The van der Waals surface area contributed by atoms with Crippen molar-refractivity contribution in [2.24, 2.45) is 5.92 Å². The second kappa shape index (κ2) is 7.12. The zero-order valence-corrected chi connectivity index (χ0v) is 12.2. The van der Waals surface area contributed by atoms with Gasteiger partial charge in [-0.2, -0.15) is 0 Å². The van der Waals surface area contributed by atoms with E-state index in [1.54, 1.807) is 12.3 Å². The van der Waals surface area contributed by atoms with Crippen molar-refractivity contribution >= 4 is 11.7 Å². The SMILES string of the molecule is CCC(CC)C(=O)c1c[nH]c(C(=O)N[C@H](C)CC)c1. The third-order valence-corrected chi connectivity index (χ3v) is 3.56. The molecular formula is C15H24N2O2. The smallest absolute Gasteiger partial charge is 0.267 e. The van der Waals surface area contributed by atoms with Crippen molar-refractivity contribution < 1.29 is 9.59 Å². The molecule has 1 heterocycles. The topological polar surface area (TPSA) is 62.0 Å². The van der Waals surface area contributed by atoms with Gasteiger partial charge < -0.3 is 10.3 Å². The number of hydrogen-bond donors (Lipinski definition) is 2. The zero-order valence-electron chi connectivity index (χ0n) is 12.2. The number of hydrogen-bond acceptors (Lipinski definition) is 2. The van der Waals surface area contributed by atoms with Gasteiger partial charge in [-0.25, -0.2) is 0 Å². The van der Waals surface area contributed by atoms with E-state index in [1.165, 1.54) is 0 Å². The molecule has 2 N–H and O–H groups in total. The minimum atomic E-state index is -0.155. The molecule has 0 aliphatic carbocycles. The predicted octanol–water partition coefficient (Wildman–Crippen LogP) is 3.16. The highest BCUT2D eigenvalue weighted by atomic mass is 16.2. The maximum Gasteiger partial charge on any atom is 0.267 e. The summed E-state index contributed by atoms with van der Waals surface area (Å²) >= 11 is 0. The highest BCUT2D eigenvalue weighted by molar-refractivity contribution is 6.01. The van der Waals surface area contributed by atoms with Crippen molar-refractivity contribution in [2.45, 2.75) is 53.0 Å². The predicted molar refractivity (Wildman–Crippen MR) is 76.4 cm³/mol. The monoisotopic (exact) mass is 264 g/mol. The van der Waals surface area contributed by atoms with E-state index < -0.39 is 0 Å². The third-order valence-electron chi connectivity index (χ3n) is 3.56. The first kappa shape index (κ1) is 15.5. The van der Waals surface area contributed by atoms with Gasteiger partial charge in [0.15, 0.2) is 5.78 Å². The second-order valence-electron chi connectivity index (χ2n) is 4.96. The molecule has 0 aromatic carbocycles. The van der Waals surface area contributed by atoms with E-state index in [4.69, 9.17) is 0 Å². The number of Topliss-reactive ketones (excluding diaryl/α,β-unsaturated/α-hetero) is 1. The van der Waals surface area contributed by atoms with Crippen molar-refractivity contribution in [2.75, 3.05) is 0 Å². The minimum absolute atomic E-state index is 0.0428. The van der Waals surface area contributed by atoms with E-state index in [1.807, 2.05) is 27.7 Å². The maximum atomic E-state index is 12.2. The Morgan fingerprint density at radius 1 is 1.21 bits per heavy atom. The lowest BCUT2D eigenvalue weighted by atomic mass is 9.94. The van der Waals surface area contributed by atoms with E-state index in [-0.39, 0.29) is 23.7 Å². The van der Waals surface area contributed by atoms with Crippen molar-refractivity contribution in [1.29, 1.82) is 0 Å². The Morgan fingerprint density at radius 3 is 2.37 bits per heavy atom. The summed E-state index contributed by atoms with van der Waals surface area (Å²) in [4.78, 5) is 27.0. The lowest BCUT2D eigenvalue weighted by Gasteiger charge is -2.10. The first-order valence-corrected chi connectivity index (χ1v) is 7.06. The van der Waals surface area contributed by atoms with Crippen LogP contribution in [-0.2, 0) is 0 Å². The van der Waals surface area contributed by atoms with Crippen LogP contribution in [0.1, 0.15) is 67.8 Å². The van der Waals surface area contributed by atoms with Crippen LogP contribution in [0.15, 0.2) is 12.3 Å². The molecule has 0 unspecified atom stereocenters. The summed E-state index contributed by atoms with van der Waals surface area (Å²) in [5, 5.41) is 2.87. The summed E-state index contributed by atoms with van der Waals surface area (Å²) in [6.07, 6.45) is 4.17. The molecule has 4 nitrogen and oxygen atoms in total. The molecular weight excluding hydrogens is 240 g/mol. The number of aromatic amines is 1. The molecule has 0 fully saturated rings. The van der Waals surface area contributed by atoms with Crippen LogP contribution in [0.2, 0.25) is 0 Å². The highest BCUT2D eigenvalue weighted by Gasteiger charge is 2.19. The van der Waals surface area contributed by atoms with Crippen LogP contribution < -0.4 is 5.32 Å². The van der Waals surface area contributed by atoms with E-state index in [0.29, 0.717) is 11.3 Å². The quantitative estimate of drug-likeness (QED) is 0.743. The number of H-pyrrole nitrogens is 1. The number of aromatic nitrogens is 1. The van der Waals surface area contributed by atoms with Crippen LogP contribution in [0, 0.1) is 5.92 Å². The van der Waals surface area contributed by atoms with Crippen LogP contribution in [-0.4, -0.2) is 22.7 Å². The Kier molecular flexibility index (Phi) is 5.80. The Labute approximate surface area is 115 Å². The van der Waals surface area contributed by atoms with Gasteiger partial charge in [-0.05, 0) is 32.3 Å². The van der Waals surface area contributed by atoms with Gasteiger partial charge in [0.25, 0.3) is 5.91 Å². The van der Waals surface area contributed by atoms with Gasteiger partial charge in [0, 0.05) is 23.7 Å². The number of nitrogens with one attached hydrogen (secondary N) is 2. The standard InChI is InChI=1S/C15H24N2O2/c1-5-10(4)17-15(19)13-8-12(9-16-13)14(18)11(6-2)7-3/h8-11,16H,5-7H2,1-4H3,(H,17,19)/t10-/m1/s1.